The van der Waals surface area contributed by atoms with E-state index in [4.69, 9.17) is 4.74 Å². The Morgan fingerprint density at radius 3 is 2.65 bits per heavy atom. The summed E-state index contributed by atoms with van der Waals surface area (Å²) < 4.78 is 6.35. The van der Waals surface area contributed by atoms with Crippen LogP contribution in [0, 0.1) is 13.8 Å². The van der Waals surface area contributed by atoms with Crippen molar-refractivity contribution in [3.63, 3.8) is 0 Å². The lowest BCUT2D eigenvalue weighted by Gasteiger charge is -2.11. The van der Waals surface area contributed by atoms with Crippen molar-refractivity contribution in [3.8, 4) is 5.69 Å². The zero-order valence-corrected chi connectivity index (χ0v) is 18.7. The molecule has 0 aliphatic carbocycles. The molecule has 3 heterocycles. The molecule has 7 nitrogen and oxygen atoms in total. The lowest BCUT2D eigenvalue weighted by molar-refractivity contribution is 0.0520. The number of aryl methyl sites for hydroxylation is 2. The minimum absolute atomic E-state index is 0.0301. The molecule has 0 spiro atoms. The van der Waals surface area contributed by atoms with E-state index in [0.717, 1.165) is 11.1 Å². The second-order valence-electron chi connectivity index (χ2n) is 6.84. The van der Waals surface area contributed by atoms with E-state index in [0.29, 0.717) is 21.0 Å². The average molecular weight is 454 g/mol. The first-order chi connectivity index (χ1) is 14.9. The van der Waals surface area contributed by atoms with Crippen LogP contribution in [-0.2, 0) is 4.74 Å². The van der Waals surface area contributed by atoms with Gasteiger partial charge in [0, 0.05) is 10.8 Å². The summed E-state index contributed by atoms with van der Waals surface area (Å²) in [5.41, 5.74) is 2.20. The fourth-order valence-corrected chi connectivity index (χ4v) is 4.65. The highest BCUT2D eigenvalue weighted by molar-refractivity contribution is 7.16. The maximum atomic E-state index is 13.4. The second-order valence-corrected chi connectivity index (χ2v) is 8.67. The number of fused-ring (bicyclic) bond motifs is 1. The quantitative estimate of drug-likeness (QED) is 0.448. The normalized spacial score (nSPS) is 10.9. The van der Waals surface area contributed by atoms with Crippen molar-refractivity contribution in [1.82, 2.24) is 9.78 Å². The molecule has 158 valence electrons. The molecule has 0 saturated carbocycles. The van der Waals surface area contributed by atoms with Crippen molar-refractivity contribution in [2.45, 2.75) is 20.8 Å². The van der Waals surface area contributed by atoms with Crippen LogP contribution >= 0.6 is 22.7 Å². The maximum Gasteiger partial charge on any atom is 0.359 e. The number of esters is 1. The van der Waals surface area contributed by atoms with Crippen LogP contribution in [0.5, 0.6) is 0 Å². The first kappa shape index (κ1) is 21.0. The van der Waals surface area contributed by atoms with Gasteiger partial charge in [-0.25, -0.2) is 4.79 Å². The van der Waals surface area contributed by atoms with E-state index in [1.54, 1.807) is 35.9 Å². The predicted molar refractivity (Wildman–Crippen MR) is 123 cm³/mol. The Kier molecular flexibility index (Phi) is 5.71. The van der Waals surface area contributed by atoms with Gasteiger partial charge in [0.25, 0.3) is 11.5 Å². The average Bonchev–Trinajstić information content (AvgIpc) is 3.41. The molecule has 0 atom stereocenters. The van der Waals surface area contributed by atoms with E-state index in [1.165, 1.54) is 27.4 Å². The second kappa shape index (κ2) is 8.44. The van der Waals surface area contributed by atoms with Gasteiger partial charge in [-0.1, -0.05) is 12.1 Å². The van der Waals surface area contributed by atoms with Gasteiger partial charge in [0.05, 0.1) is 22.6 Å². The summed E-state index contributed by atoms with van der Waals surface area (Å²) in [6, 6.07) is 8.98. The number of amides is 1. The number of aromatic nitrogens is 2. The minimum atomic E-state index is -0.626. The molecule has 31 heavy (non-hydrogen) atoms. The maximum absolute atomic E-state index is 13.4. The lowest BCUT2D eigenvalue weighted by Crippen LogP contribution is -2.25. The number of carbonyl (C=O) groups is 2. The molecule has 4 rings (SSSR count). The largest absolute Gasteiger partial charge is 0.461 e. The molecule has 3 aromatic heterocycles. The summed E-state index contributed by atoms with van der Waals surface area (Å²) in [5.74, 6) is -0.940. The topological polar surface area (TPSA) is 90.3 Å². The van der Waals surface area contributed by atoms with Crippen molar-refractivity contribution >= 4 is 50.3 Å². The molecule has 0 aliphatic rings. The minimum Gasteiger partial charge on any atom is -0.461 e. The van der Waals surface area contributed by atoms with Crippen molar-refractivity contribution in [1.29, 1.82) is 0 Å². The van der Waals surface area contributed by atoms with E-state index in [1.807, 2.05) is 26.0 Å². The third-order valence-electron chi connectivity index (χ3n) is 4.83. The van der Waals surface area contributed by atoms with Crippen LogP contribution in [0.25, 0.3) is 16.5 Å². The van der Waals surface area contributed by atoms with Crippen LogP contribution < -0.4 is 10.9 Å². The fourth-order valence-electron chi connectivity index (χ4n) is 3.10. The van der Waals surface area contributed by atoms with Gasteiger partial charge in [0.1, 0.15) is 5.00 Å². The highest BCUT2D eigenvalue weighted by atomic mass is 32.1. The number of carbonyl (C=O) groups excluding carboxylic acids is 2. The van der Waals surface area contributed by atoms with E-state index in [2.05, 4.69) is 10.4 Å². The number of nitrogens with one attached hydrogen (secondary N) is 1. The molecule has 1 amide bonds. The van der Waals surface area contributed by atoms with Crippen molar-refractivity contribution in [3.05, 3.63) is 73.1 Å². The van der Waals surface area contributed by atoms with E-state index < -0.39 is 11.5 Å². The molecule has 0 saturated heterocycles. The summed E-state index contributed by atoms with van der Waals surface area (Å²) in [6.07, 6.45) is 0. The summed E-state index contributed by atoms with van der Waals surface area (Å²) >= 11 is 2.48. The number of nitrogens with zero attached hydrogens (tertiary/aromatic N) is 2. The fraction of sp³-hybridized carbons (Fsp3) is 0.182. The number of ether oxygens (including phenoxy) is 1. The van der Waals surface area contributed by atoms with Gasteiger partial charge in [0.15, 0.2) is 5.69 Å². The summed E-state index contributed by atoms with van der Waals surface area (Å²) in [4.78, 5) is 39.1. The third-order valence-corrected chi connectivity index (χ3v) is 6.59. The molecule has 0 unspecified atom stereocenters. The van der Waals surface area contributed by atoms with Gasteiger partial charge < -0.3 is 10.1 Å². The SMILES string of the molecule is CCOC(=O)c1nn(-c2ccc(C)c(C)c2)c(=O)c2c(NC(=O)c3cccs3)scc12. The van der Waals surface area contributed by atoms with Crippen molar-refractivity contribution in [2.75, 3.05) is 11.9 Å². The lowest BCUT2D eigenvalue weighted by atomic mass is 10.1. The molecule has 9 heteroatoms. The molecular formula is C22H19N3O4S2. The van der Waals surface area contributed by atoms with Gasteiger partial charge >= 0.3 is 5.97 Å². The Labute approximate surface area is 185 Å². The third kappa shape index (κ3) is 3.89. The van der Waals surface area contributed by atoms with Crippen LogP contribution in [0.3, 0.4) is 0 Å². The van der Waals surface area contributed by atoms with Crippen LogP contribution in [0.2, 0.25) is 0 Å². The molecule has 0 fully saturated rings. The Balaban J connectivity index is 1.92. The van der Waals surface area contributed by atoms with Gasteiger partial charge in [0.2, 0.25) is 0 Å². The Hall–Kier alpha value is -3.30. The van der Waals surface area contributed by atoms with Gasteiger partial charge in [-0.2, -0.15) is 9.78 Å². The van der Waals surface area contributed by atoms with Gasteiger partial charge in [-0.05, 0) is 55.5 Å². The Bertz CT molecular complexity index is 1350. The van der Waals surface area contributed by atoms with Crippen LogP contribution in [0.4, 0.5) is 5.00 Å². The van der Waals surface area contributed by atoms with Crippen LogP contribution in [-0.4, -0.2) is 28.3 Å². The van der Waals surface area contributed by atoms with E-state index >= 15 is 0 Å². The van der Waals surface area contributed by atoms with E-state index in [9.17, 15) is 14.4 Å². The Morgan fingerprint density at radius 2 is 1.97 bits per heavy atom. The number of benzene rings is 1. The van der Waals surface area contributed by atoms with Crippen molar-refractivity contribution in [2.24, 2.45) is 0 Å². The molecule has 1 N–H and O–H groups in total. The zero-order chi connectivity index (χ0) is 22.1. The van der Waals surface area contributed by atoms with Gasteiger partial charge in [-0.3, -0.25) is 9.59 Å². The molecule has 1 aromatic carbocycles. The standard InChI is InChI=1S/C22H19N3O4S2/c1-4-29-22(28)18-15-11-31-20(23-19(26)16-6-5-9-30-16)17(15)21(27)25(24-18)14-8-7-12(2)13(3)10-14/h5-11H,4H2,1-3H3,(H,23,26). The van der Waals surface area contributed by atoms with Crippen LogP contribution in [0.15, 0.2) is 45.9 Å². The molecule has 0 aliphatic heterocycles. The van der Waals surface area contributed by atoms with Crippen LogP contribution in [0.1, 0.15) is 38.2 Å². The number of rotatable bonds is 5. The zero-order valence-electron chi connectivity index (χ0n) is 17.1. The predicted octanol–water partition coefficient (Wildman–Crippen LogP) is 4.55. The Morgan fingerprint density at radius 1 is 1.16 bits per heavy atom. The molecular weight excluding hydrogens is 434 g/mol. The molecule has 0 radical (unpaired) electrons. The smallest absolute Gasteiger partial charge is 0.359 e. The van der Waals surface area contributed by atoms with Gasteiger partial charge in [-0.15, -0.1) is 22.7 Å². The first-order valence-electron chi connectivity index (χ1n) is 9.54. The van der Waals surface area contributed by atoms with Crippen molar-refractivity contribution < 1.29 is 14.3 Å². The summed E-state index contributed by atoms with van der Waals surface area (Å²) in [5, 5.41) is 11.5. The highest BCUT2D eigenvalue weighted by Crippen LogP contribution is 2.31. The highest BCUT2D eigenvalue weighted by Gasteiger charge is 2.23. The number of anilines is 1. The molecule has 4 aromatic rings. The molecule has 0 bridgehead atoms. The monoisotopic (exact) mass is 453 g/mol. The first-order valence-corrected chi connectivity index (χ1v) is 11.3. The number of hydrogen-bond donors (Lipinski definition) is 1. The number of thiophene rings is 2. The summed E-state index contributed by atoms with van der Waals surface area (Å²) in [7, 11) is 0. The summed E-state index contributed by atoms with van der Waals surface area (Å²) in [6.45, 7) is 5.79. The number of hydrogen-bond acceptors (Lipinski definition) is 7. The van der Waals surface area contributed by atoms with E-state index in [-0.39, 0.29) is 23.6 Å².